The smallest absolute Gasteiger partial charge is 0.264 e. The van der Waals surface area contributed by atoms with Crippen molar-refractivity contribution in [3.63, 3.8) is 0 Å². The Morgan fingerprint density at radius 1 is 0.780 bits per heavy atom. The van der Waals surface area contributed by atoms with Gasteiger partial charge in [-0.2, -0.15) is 0 Å². The van der Waals surface area contributed by atoms with Crippen molar-refractivity contribution in [2.45, 2.75) is 37.2 Å². The van der Waals surface area contributed by atoms with Gasteiger partial charge in [0.2, 0.25) is 0 Å². The highest BCUT2D eigenvalue weighted by Crippen LogP contribution is 2.38. The first kappa shape index (κ1) is 27.2. The summed E-state index contributed by atoms with van der Waals surface area (Å²) in [5.41, 5.74) is 5.67. The zero-order chi connectivity index (χ0) is 28.6. The quantitative estimate of drug-likeness (QED) is 0.302. The molecule has 0 aliphatic carbocycles. The van der Waals surface area contributed by atoms with Gasteiger partial charge in [-0.05, 0) is 67.3 Å². The third-order valence-corrected chi connectivity index (χ3v) is 10.2. The summed E-state index contributed by atoms with van der Waals surface area (Å²) in [5, 5.41) is 0. The van der Waals surface area contributed by atoms with Gasteiger partial charge in [0.15, 0.2) is 0 Å². The van der Waals surface area contributed by atoms with Crippen molar-refractivity contribution in [2.24, 2.45) is 0 Å². The molecular weight excluding hydrogens is 530 g/mol. The SMILES string of the molecule is Cc1ccc(S(=O)(=O)N2c3ccc(C(=O)N4CCN(C(c5ccccc5)c5ccccc5)CC4)cc3C[C@@H]2C)cc1. The number of carbonyl (C=O) groups excluding carboxylic acids is 1. The number of anilines is 1. The molecule has 0 bridgehead atoms. The molecule has 0 saturated carbocycles. The van der Waals surface area contributed by atoms with E-state index >= 15 is 0 Å². The molecule has 4 aromatic carbocycles. The Bertz CT molecular complexity index is 1590. The lowest BCUT2D eigenvalue weighted by Crippen LogP contribution is -2.49. The fourth-order valence-electron chi connectivity index (χ4n) is 6.18. The van der Waals surface area contributed by atoms with Gasteiger partial charge in [-0.1, -0.05) is 78.4 Å². The van der Waals surface area contributed by atoms with E-state index in [4.69, 9.17) is 0 Å². The van der Waals surface area contributed by atoms with Crippen molar-refractivity contribution in [3.05, 3.63) is 131 Å². The molecule has 4 aromatic rings. The number of hydrogen-bond acceptors (Lipinski definition) is 4. The third-order valence-electron chi connectivity index (χ3n) is 8.25. The van der Waals surface area contributed by atoms with Gasteiger partial charge in [-0.3, -0.25) is 14.0 Å². The number of nitrogens with zero attached hydrogens (tertiary/aromatic N) is 3. The van der Waals surface area contributed by atoms with Crippen molar-refractivity contribution in [1.82, 2.24) is 9.80 Å². The number of piperazine rings is 1. The lowest BCUT2D eigenvalue weighted by atomic mass is 9.96. The van der Waals surface area contributed by atoms with Crippen molar-refractivity contribution in [2.75, 3.05) is 30.5 Å². The Balaban J connectivity index is 1.18. The summed E-state index contributed by atoms with van der Waals surface area (Å²) in [7, 11) is -3.70. The maximum atomic E-state index is 13.6. The Morgan fingerprint density at radius 2 is 1.37 bits per heavy atom. The molecule has 2 heterocycles. The summed E-state index contributed by atoms with van der Waals surface area (Å²) in [6, 6.07) is 33.4. The van der Waals surface area contributed by atoms with E-state index in [1.165, 1.54) is 15.4 Å². The van der Waals surface area contributed by atoms with E-state index in [2.05, 4.69) is 53.4 Å². The van der Waals surface area contributed by atoms with Crippen molar-refractivity contribution in [3.8, 4) is 0 Å². The molecular formula is C34H35N3O3S. The van der Waals surface area contributed by atoms with Crippen molar-refractivity contribution in [1.29, 1.82) is 0 Å². The van der Waals surface area contributed by atoms with E-state index in [-0.39, 0.29) is 22.9 Å². The minimum absolute atomic E-state index is 0.00378. The number of rotatable bonds is 6. The molecule has 2 aliphatic rings. The van der Waals surface area contributed by atoms with Crippen LogP contribution >= 0.6 is 0 Å². The average Bonchev–Trinajstić information content (AvgIpc) is 3.34. The number of aryl methyl sites for hydroxylation is 1. The monoisotopic (exact) mass is 565 g/mol. The lowest BCUT2D eigenvalue weighted by Gasteiger charge is -2.40. The van der Waals surface area contributed by atoms with Crippen molar-refractivity contribution < 1.29 is 13.2 Å². The van der Waals surface area contributed by atoms with Crippen LogP contribution < -0.4 is 4.31 Å². The van der Waals surface area contributed by atoms with E-state index in [0.717, 1.165) is 24.2 Å². The molecule has 1 atom stereocenters. The topological polar surface area (TPSA) is 60.9 Å². The Morgan fingerprint density at radius 3 is 1.95 bits per heavy atom. The normalized spacial score (nSPS) is 17.6. The van der Waals surface area contributed by atoms with Crippen LogP contribution in [-0.2, 0) is 16.4 Å². The van der Waals surface area contributed by atoms with Gasteiger partial charge in [0.05, 0.1) is 16.6 Å². The van der Waals surface area contributed by atoms with Crippen LogP contribution in [0.15, 0.2) is 108 Å². The van der Waals surface area contributed by atoms with Crippen molar-refractivity contribution >= 4 is 21.6 Å². The van der Waals surface area contributed by atoms with Crippen LogP contribution in [0, 0.1) is 6.92 Å². The van der Waals surface area contributed by atoms with Gasteiger partial charge in [0.25, 0.3) is 15.9 Å². The molecule has 1 fully saturated rings. The second-order valence-electron chi connectivity index (χ2n) is 11.1. The third kappa shape index (κ3) is 5.27. The predicted octanol–water partition coefficient (Wildman–Crippen LogP) is 5.68. The van der Waals surface area contributed by atoms with Crippen LogP contribution in [0.4, 0.5) is 5.69 Å². The van der Waals surface area contributed by atoms with Crippen LogP contribution in [0.3, 0.4) is 0 Å². The minimum atomic E-state index is -3.70. The maximum absolute atomic E-state index is 13.6. The summed E-state index contributed by atoms with van der Waals surface area (Å²) in [6.07, 6.45) is 0.575. The zero-order valence-electron chi connectivity index (χ0n) is 23.5. The molecule has 210 valence electrons. The second kappa shape index (κ2) is 11.1. The van der Waals surface area contributed by atoms with E-state index in [1.54, 1.807) is 24.3 Å². The van der Waals surface area contributed by atoms with E-state index in [9.17, 15) is 13.2 Å². The lowest BCUT2D eigenvalue weighted by molar-refractivity contribution is 0.0597. The first-order chi connectivity index (χ1) is 19.8. The number of sulfonamides is 1. The highest BCUT2D eigenvalue weighted by atomic mass is 32.2. The fraction of sp³-hybridized carbons (Fsp3) is 0.265. The first-order valence-electron chi connectivity index (χ1n) is 14.2. The van der Waals surface area contributed by atoms with Crippen LogP contribution in [-0.4, -0.2) is 56.3 Å². The highest BCUT2D eigenvalue weighted by Gasteiger charge is 2.37. The summed E-state index contributed by atoms with van der Waals surface area (Å²) in [4.78, 5) is 18.3. The van der Waals surface area contributed by atoms with E-state index in [0.29, 0.717) is 30.8 Å². The van der Waals surface area contributed by atoms with Gasteiger partial charge < -0.3 is 4.90 Å². The molecule has 7 heteroatoms. The van der Waals surface area contributed by atoms with E-state index < -0.39 is 10.0 Å². The van der Waals surface area contributed by atoms with E-state index in [1.807, 2.05) is 49.1 Å². The predicted molar refractivity (Wildman–Crippen MR) is 163 cm³/mol. The molecule has 1 saturated heterocycles. The number of benzene rings is 4. The average molecular weight is 566 g/mol. The van der Waals surface area contributed by atoms with Crippen LogP contribution in [0.2, 0.25) is 0 Å². The van der Waals surface area contributed by atoms with Gasteiger partial charge in [-0.25, -0.2) is 8.42 Å². The minimum Gasteiger partial charge on any atom is -0.336 e. The molecule has 0 aromatic heterocycles. The molecule has 6 rings (SSSR count). The summed E-state index contributed by atoms with van der Waals surface area (Å²) in [5.74, 6) is -0.00378. The number of carbonyl (C=O) groups is 1. The van der Waals surface area contributed by atoms with Crippen LogP contribution in [0.25, 0.3) is 0 Å². The Kier molecular flexibility index (Phi) is 7.41. The van der Waals surface area contributed by atoms with Crippen LogP contribution in [0.5, 0.6) is 0 Å². The standard InChI is InChI=1S/C34H35N3O3S/c1-25-13-16-31(17-14-25)41(39,40)37-26(2)23-30-24-29(15-18-32(30)37)34(38)36-21-19-35(20-22-36)33(27-9-5-3-6-10-27)28-11-7-4-8-12-28/h3-18,24,26,33H,19-23H2,1-2H3/t26-/m0/s1. The summed E-state index contributed by atoms with van der Waals surface area (Å²) in [6.45, 7) is 6.66. The largest absolute Gasteiger partial charge is 0.336 e. The highest BCUT2D eigenvalue weighted by molar-refractivity contribution is 7.92. The van der Waals surface area contributed by atoms with Gasteiger partial charge >= 0.3 is 0 Å². The number of amides is 1. The molecule has 6 nitrogen and oxygen atoms in total. The molecule has 1 amide bonds. The Labute approximate surface area is 242 Å². The fourth-order valence-corrected chi connectivity index (χ4v) is 7.87. The van der Waals surface area contributed by atoms with Crippen LogP contribution in [0.1, 0.15) is 45.6 Å². The first-order valence-corrected chi connectivity index (χ1v) is 15.6. The molecule has 0 unspecified atom stereocenters. The molecule has 0 radical (unpaired) electrons. The molecule has 0 spiro atoms. The Hall–Kier alpha value is -3.94. The summed E-state index contributed by atoms with van der Waals surface area (Å²) < 4.78 is 28.6. The van der Waals surface area contributed by atoms with Gasteiger partial charge in [0.1, 0.15) is 0 Å². The maximum Gasteiger partial charge on any atom is 0.264 e. The molecule has 0 N–H and O–H groups in total. The summed E-state index contributed by atoms with van der Waals surface area (Å²) >= 11 is 0. The molecule has 2 aliphatic heterocycles. The molecule has 41 heavy (non-hydrogen) atoms. The zero-order valence-corrected chi connectivity index (χ0v) is 24.3. The second-order valence-corrected chi connectivity index (χ2v) is 12.9. The van der Waals surface area contributed by atoms with Gasteiger partial charge in [0, 0.05) is 37.8 Å². The number of fused-ring (bicyclic) bond motifs is 1. The number of hydrogen-bond donors (Lipinski definition) is 0. The van der Waals surface area contributed by atoms with Gasteiger partial charge in [-0.15, -0.1) is 0 Å².